The minimum absolute atomic E-state index is 0.189. The molecule has 4 nitrogen and oxygen atoms in total. The van der Waals surface area contributed by atoms with Gasteiger partial charge >= 0.3 is 0 Å². The van der Waals surface area contributed by atoms with Gasteiger partial charge in [0.15, 0.2) is 0 Å². The Kier molecular flexibility index (Phi) is 6.62. The van der Waals surface area contributed by atoms with Gasteiger partial charge in [-0.25, -0.2) is 0 Å². The van der Waals surface area contributed by atoms with E-state index in [0.717, 1.165) is 44.8 Å². The van der Waals surface area contributed by atoms with E-state index in [9.17, 15) is 4.79 Å². The monoisotopic (exact) mass is 385 g/mol. The number of carbonyl (C=O) groups is 1. The first-order valence-electron chi connectivity index (χ1n) is 9.73. The quantitative estimate of drug-likeness (QED) is 0.749. The maximum Gasteiger partial charge on any atom is 0.227 e. The highest BCUT2D eigenvalue weighted by Crippen LogP contribution is 2.22. The van der Waals surface area contributed by atoms with E-state index in [4.69, 9.17) is 11.6 Å². The van der Waals surface area contributed by atoms with Crippen LogP contribution in [0.2, 0.25) is 5.02 Å². The van der Waals surface area contributed by atoms with Crippen molar-refractivity contribution in [3.05, 3.63) is 59.1 Å². The van der Waals surface area contributed by atoms with Crippen LogP contribution >= 0.6 is 11.6 Å². The zero-order valence-electron chi connectivity index (χ0n) is 16.2. The molecule has 3 rings (SSSR count). The highest BCUT2D eigenvalue weighted by Gasteiger charge is 2.21. The molecule has 5 heteroatoms. The molecule has 0 atom stereocenters. The van der Waals surface area contributed by atoms with Gasteiger partial charge in [0.2, 0.25) is 5.91 Å². The first-order valence-corrected chi connectivity index (χ1v) is 10.1. The Morgan fingerprint density at radius 1 is 0.926 bits per heavy atom. The van der Waals surface area contributed by atoms with Gasteiger partial charge in [0.05, 0.1) is 6.42 Å². The smallest absolute Gasteiger partial charge is 0.227 e. The minimum Gasteiger partial charge on any atom is -0.372 e. The Morgan fingerprint density at radius 3 is 2.07 bits per heavy atom. The molecule has 1 heterocycles. The number of carbonyl (C=O) groups excluding carboxylic acids is 1. The number of amides is 1. The number of rotatable bonds is 6. The summed E-state index contributed by atoms with van der Waals surface area (Å²) in [5.41, 5.74) is 3.51. The third-order valence-corrected chi connectivity index (χ3v) is 5.50. The van der Waals surface area contributed by atoms with Gasteiger partial charge in [0.25, 0.3) is 0 Å². The number of nitrogens with zero attached hydrogens (tertiary/aromatic N) is 3. The lowest BCUT2D eigenvalue weighted by Gasteiger charge is -2.36. The number of anilines is 2. The van der Waals surface area contributed by atoms with Crippen molar-refractivity contribution in [1.29, 1.82) is 0 Å². The van der Waals surface area contributed by atoms with Crippen LogP contribution in [0.3, 0.4) is 0 Å². The predicted octanol–water partition coefficient (Wildman–Crippen LogP) is 4.08. The average Bonchev–Trinajstić information content (AvgIpc) is 2.71. The second-order valence-electron chi connectivity index (χ2n) is 6.86. The average molecular weight is 386 g/mol. The zero-order valence-corrected chi connectivity index (χ0v) is 17.0. The molecule has 1 aliphatic rings. The third-order valence-electron chi connectivity index (χ3n) is 5.24. The van der Waals surface area contributed by atoms with Crippen molar-refractivity contribution >= 4 is 28.9 Å². The highest BCUT2D eigenvalue weighted by molar-refractivity contribution is 6.30. The van der Waals surface area contributed by atoms with Crippen molar-refractivity contribution in [1.82, 2.24) is 4.90 Å². The molecule has 144 valence electrons. The van der Waals surface area contributed by atoms with Crippen LogP contribution in [0.15, 0.2) is 48.5 Å². The Bertz CT molecular complexity index is 733. The molecule has 0 saturated carbocycles. The van der Waals surface area contributed by atoms with Crippen molar-refractivity contribution < 1.29 is 4.79 Å². The second kappa shape index (κ2) is 9.14. The van der Waals surface area contributed by atoms with Crippen molar-refractivity contribution in [3.63, 3.8) is 0 Å². The zero-order chi connectivity index (χ0) is 19.2. The van der Waals surface area contributed by atoms with E-state index in [1.165, 1.54) is 11.4 Å². The van der Waals surface area contributed by atoms with Gasteiger partial charge in [0.1, 0.15) is 0 Å². The number of benzene rings is 2. The molecule has 0 bridgehead atoms. The first-order chi connectivity index (χ1) is 13.1. The van der Waals surface area contributed by atoms with Crippen LogP contribution < -0.4 is 9.80 Å². The fourth-order valence-electron chi connectivity index (χ4n) is 3.57. The highest BCUT2D eigenvalue weighted by atomic mass is 35.5. The summed E-state index contributed by atoms with van der Waals surface area (Å²) in [6.45, 7) is 9.67. The van der Waals surface area contributed by atoms with E-state index < -0.39 is 0 Å². The molecule has 1 amide bonds. The lowest BCUT2D eigenvalue weighted by molar-refractivity contribution is -0.130. The van der Waals surface area contributed by atoms with Crippen molar-refractivity contribution in [2.75, 3.05) is 49.1 Å². The number of hydrogen-bond donors (Lipinski definition) is 0. The van der Waals surface area contributed by atoms with Crippen LogP contribution in [-0.4, -0.2) is 50.1 Å². The molecule has 1 aliphatic heterocycles. The fourth-order valence-corrected chi connectivity index (χ4v) is 3.69. The van der Waals surface area contributed by atoms with Crippen LogP contribution in [0, 0.1) is 0 Å². The van der Waals surface area contributed by atoms with Gasteiger partial charge < -0.3 is 14.7 Å². The van der Waals surface area contributed by atoms with Gasteiger partial charge in [-0.2, -0.15) is 0 Å². The Balaban J connectivity index is 1.53. The fraction of sp³-hybridized carbons (Fsp3) is 0.409. The van der Waals surface area contributed by atoms with Gasteiger partial charge in [0, 0.05) is 55.7 Å². The normalized spacial score (nSPS) is 14.3. The molecular formula is C22H28ClN3O. The summed E-state index contributed by atoms with van der Waals surface area (Å²) in [5, 5.41) is 0.701. The lowest BCUT2D eigenvalue weighted by Crippen LogP contribution is -2.49. The standard InChI is InChI=1S/C22H28ClN3O/c1-3-24(4-2)20-9-11-21(12-10-20)25-13-15-26(16-14-25)22(27)17-18-5-7-19(23)8-6-18/h5-12H,3-4,13-17H2,1-2H3. The molecule has 1 saturated heterocycles. The molecule has 2 aromatic rings. The van der Waals surface area contributed by atoms with Gasteiger partial charge in [-0.05, 0) is 55.8 Å². The first kappa shape index (κ1) is 19.6. The molecule has 0 spiro atoms. The van der Waals surface area contributed by atoms with E-state index in [2.05, 4.69) is 47.9 Å². The van der Waals surface area contributed by atoms with Gasteiger partial charge in [-0.15, -0.1) is 0 Å². The van der Waals surface area contributed by atoms with Crippen LogP contribution in [0.1, 0.15) is 19.4 Å². The van der Waals surface area contributed by atoms with Gasteiger partial charge in [-0.3, -0.25) is 4.79 Å². The summed E-state index contributed by atoms with van der Waals surface area (Å²) in [7, 11) is 0. The van der Waals surface area contributed by atoms with E-state index in [1.807, 2.05) is 29.2 Å². The van der Waals surface area contributed by atoms with Crippen molar-refractivity contribution in [2.24, 2.45) is 0 Å². The Morgan fingerprint density at radius 2 is 1.52 bits per heavy atom. The molecule has 0 aromatic heterocycles. The van der Waals surface area contributed by atoms with Crippen molar-refractivity contribution in [2.45, 2.75) is 20.3 Å². The summed E-state index contributed by atoms with van der Waals surface area (Å²) in [6, 6.07) is 16.3. The molecule has 0 unspecified atom stereocenters. The molecule has 0 aliphatic carbocycles. The van der Waals surface area contributed by atoms with Gasteiger partial charge in [-0.1, -0.05) is 23.7 Å². The summed E-state index contributed by atoms with van der Waals surface area (Å²) in [5.74, 6) is 0.189. The van der Waals surface area contributed by atoms with E-state index >= 15 is 0 Å². The summed E-state index contributed by atoms with van der Waals surface area (Å²) in [6.07, 6.45) is 0.440. The molecule has 0 N–H and O–H groups in total. The predicted molar refractivity (Wildman–Crippen MR) is 114 cm³/mol. The second-order valence-corrected chi connectivity index (χ2v) is 7.30. The molecule has 0 radical (unpaired) electrons. The van der Waals surface area contributed by atoms with E-state index in [0.29, 0.717) is 11.4 Å². The molecule has 2 aromatic carbocycles. The summed E-state index contributed by atoms with van der Waals surface area (Å²) in [4.78, 5) is 19.2. The Hall–Kier alpha value is -2.20. The maximum absolute atomic E-state index is 12.6. The van der Waals surface area contributed by atoms with Crippen LogP contribution in [0.25, 0.3) is 0 Å². The third kappa shape index (κ3) is 4.95. The van der Waals surface area contributed by atoms with Crippen LogP contribution in [0.4, 0.5) is 11.4 Å². The topological polar surface area (TPSA) is 26.8 Å². The molecular weight excluding hydrogens is 358 g/mol. The lowest BCUT2D eigenvalue weighted by atomic mass is 10.1. The number of piperazine rings is 1. The van der Waals surface area contributed by atoms with Crippen molar-refractivity contribution in [3.8, 4) is 0 Å². The summed E-state index contributed by atoms with van der Waals surface area (Å²) >= 11 is 5.91. The van der Waals surface area contributed by atoms with Crippen LogP contribution in [0.5, 0.6) is 0 Å². The summed E-state index contributed by atoms with van der Waals surface area (Å²) < 4.78 is 0. The molecule has 27 heavy (non-hydrogen) atoms. The minimum atomic E-state index is 0.189. The van der Waals surface area contributed by atoms with E-state index in [-0.39, 0.29) is 5.91 Å². The SMILES string of the molecule is CCN(CC)c1ccc(N2CCN(C(=O)Cc3ccc(Cl)cc3)CC2)cc1. The van der Waals surface area contributed by atoms with E-state index in [1.54, 1.807) is 0 Å². The Labute approximate surface area is 167 Å². The maximum atomic E-state index is 12.6. The largest absolute Gasteiger partial charge is 0.372 e. The van der Waals surface area contributed by atoms with Crippen LogP contribution in [-0.2, 0) is 11.2 Å². The number of hydrogen-bond acceptors (Lipinski definition) is 3. The number of halogens is 1. The molecule has 1 fully saturated rings.